The van der Waals surface area contributed by atoms with Crippen LogP contribution in [0.4, 0.5) is 0 Å². The SMILES string of the molecule is CC(=O)C1(CC2Cc3ccccc3O2)CC1. The van der Waals surface area contributed by atoms with Crippen LogP contribution in [0.25, 0.3) is 0 Å². The minimum atomic E-state index is -0.0350. The van der Waals surface area contributed by atoms with Gasteiger partial charge in [-0.15, -0.1) is 0 Å². The van der Waals surface area contributed by atoms with E-state index in [9.17, 15) is 4.79 Å². The van der Waals surface area contributed by atoms with Crippen molar-refractivity contribution >= 4 is 5.78 Å². The largest absolute Gasteiger partial charge is 0.490 e. The molecule has 1 atom stereocenters. The van der Waals surface area contributed by atoms with Crippen LogP contribution in [0.2, 0.25) is 0 Å². The Morgan fingerprint density at radius 3 is 2.81 bits per heavy atom. The molecule has 0 spiro atoms. The Kier molecular flexibility index (Phi) is 2.06. The normalized spacial score (nSPS) is 24.7. The van der Waals surface area contributed by atoms with Crippen molar-refractivity contribution < 1.29 is 9.53 Å². The molecule has 1 aromatic carbocycles. The minimum Gasteiger partial charge on any atom is -0.490 e. The Morgan fingerprint density at radius 2 is 2.19 bits per heavy atom. The second-order valence-corrected chi connectivity index (χ2v) is 5.09. The number of hydrogen-bond acceptors (Lipinski definition) is 2. The van der Waals surface area contributed by atoms with Crippen LogP contribution >= 0.6 is 0 Å². The Bertz CT molecular complexity index is 407. The smallest absolute Gasteiger partial charge is 0.136 e. The first-order valence-electron chi connectivity index (χ1n) is 5.95. The van der Waals surface area contributed by atoms with Gasteiger partial charge in [0.15, 0.2) is 0 Å². The molecule has 2 nitrogen and oxygen atoms in total. The number of para-hydroxylation sites is 1. The molecule has 1 aliphatic heterocycles. The summed E-state index contributed by atoms with van der Waals surface area (Å²) in [5.74, 6) is 1.35. The zero-order valence-corrected chi connectivity index (χ0v) is 9.53. The summed E-state index contributed by atoms with van der Waals surface area (Å²) in [6, 6.07) is 8.17. The van der Waals surface area contributed by atoms with Gasteiger partial charge in [-0.05, 0) is 37.8 Å². The molecular formula is C14H16O2. The lowest BCUT2D eigenvalue weighted by molar-refractivity contribution is -0.122. The van der Waals surface area contributed by atoms with Gasteiger partial charge >= 0.3 is 0 Å². The maximum atomic E-state index is 11.5. The fourth-order valence-corrected chi connectivity index (χ4v) is 2.65. The maximum absolute atomic E-state index is 11.5. The molecule has 1 heterocycles. The zero-order chi connectivity index (χ0) is 11.2. The number of ether oxygens (including phenoxy) is 1. The highest BCUT2D eigenvalue weighted by atomic mass is 16.5. The van der Waals surface area contributed by atoms with Gasteiger partial charge in [0, 0.05) is 11.8 Å². The van der Waals surface area contributed by atoms with Gasteiger partial charge in [-0.1, -0.05) is 18.2 Å². The molecule has 2 aliphatic rings. The Hall–Kier alpha value is -1.31. The molecule has 16 heavy (non-hydrogen) atoms. The molecular weight excluding hydrogens is 200 g/mol. The predicted octanol–water partition coefficient (Wildman–Crippen LogP) is 2.75. The summed E-state index contributed by atoms with van der Waals surface area (Å²) >= 11 is 0. The molecule has 0 N–H and O–H groups in total. The van der Waals surface area contributed by atoms with E-state index in [2.05, 4.69) is 6.07 Å². The third-order valence-electron chi connectivity index (χ3n) is 3.93. The minimum absolute atomic E-state index is 0.0350. The molecule has 1 aliphatic carbocycles. The lowest BCUT2D eigenvalue weighted by atomic mass is 9.92. The highest BCUT2D eigenvalue weighted by Gasteiger charge is 2.49. The van der Waals surface area contributed by atoms with Crippen molar-refractivity contribution in [1.82, 2.24) is 0 Å². The van der Waals surface area contributed by atoms with Crippen molar-refractivity contribution in [2.75, 3.05) is 0 Å². The number of carbonyl (C=O) groups is 1. The second-order valence-electron chi connectivity index (χ2n) is 5.09. The third-order valence-corrected chi connectivity index (χ3v) is 3.93. The van der Waals surface area contributed by atoms with Crippen LogP contribution in [0, 0.1) is 5.41 Å². The lowest BCUT2D eigenvalue weighted by Crippen LogP contribution is -2.23. The van der Waals surface area contributed by atoms with E-state index in [1.807, 2.05) is 18.2 Å². The number of fused-ring (bicyclic) bond motifs is 1. The summed E-state index contributed by atoms with van der Waals surface area (Å²) in [5, 5.41) is 0. The standard InChI is InChI=1S/C14H16O2/c1-10(15)14(6-7-14)9-12-8-11-4-2-3-5-13(11)16-12/h2-5,12H,6-9H2,1H3. The highest BCUT2D eigenvalue weighted by molar-refractivity contribution is 5.85. The van der Waals surface area contributed by atoms with Crippen LogP contribution in [0.3, 0.4) is 0 Å². The molecule has 2 heteroatoms. The predicted molar refractivity (Wildman–Crippen MR) is 61.5 cm³/mol. The monoisotopic (exact) mass is 216 g/mol. The second kappa shape index (κ2) is 3.34. The zero-order valence-electron chi connectivity index (χ0n) is 9.53. The number of benzene rings is 1. The third kappa shape index (κ3) is 1.53. The van der Waals surface area contributed by atoms with E-state index in [4.69, 9.17) is 4.74 Å². The summed E-state index contributed by atoms with van der Waals surface area (Å²) in [5.41, 5.74) is 1.25. The number of rotatable bonds is 3. The van der Waals surface area contributed by atoms with Gasteiger partial charge < -0.3 is 4.74 Å². The van der Waals surface area contributed by atoms with Gasteiger partial charge in [-0.25, -0.2) is 0 Å². The molecule has 1 fully saturated rings. The van der Waals surface area contributed by atoms with Crippen LogP contribution in [0.1, 0.15) is 31.7 Å². The molecule has 0 aromatic heterocycles. The molecule has 1 saturated carbocycles. The van der Waals surface area contributed by atoms with E-state index in [1.54, 1.807) is 6.92 Å². The van der Waals surface area contributed by atoms with E-state index in [1.165, 1.54) is 5.56 Å². The van der Waals surface area contributed by atoms with E-state index >= 15 is 0 Å². The average Bonchev–Trinajstić information content (AvgIpc) is 2.92. The number of hydrogen-bond donors (Lipinski definition) is 0. The molecule has 0 amide bonds. The van der Waals surface area contributed by atoms with Crippen molar-refractivity contribution in [3.63, 3.8) is 0 Å². The lowest BCUT2D eigenvalue weighted by Gasteiger charge is -2.16. The van der Waals surface area contributed by atoms with Crippen molar-refractivity contribution in [3.05, 3.63) is 29.8 Å². The molecule has 3 rings (SSSR count). The fourth-order valence-electron chi connectivity index (χ4n) is 2.65. The van der Waals surface area contributed by atoms with Gasteiger partial charge in [-0.2, -0.15) is 0 Å². The van der Waals surface area contributed by atoms with Crippen molar-refractivity contribution in [1.29, 1.82) is 0 Å². The van der Waals surface area contributed by atoms with Crippen molar-refractivity contribution in [2.45, 2.75) is 38.7 Å². The van der Waals surface area contributed by atoms with Crippen molar-refractivity contribution in [3.8, 4) is 5.75 Å². The van der Waals surface area contributed by atoms with Gasteiger partial charge in [-0.3, -0.25) is 4.79 Å². The van der Waals surface area contributed by atoms with E-state index in [0.717, 1.165) is 31.4 Å². The Labute approximate surface area is 95.6 Å². The van der Waals surface area contributed by atoms with Crippen LogP contribution in [-0.2, 0) is 11.2 Å². The van der Waals surface area contributed by atoms with E-state index in [0.29, 0.717) is 5.78 Å². The molecule has 0 saturated heterocycles. The molecule has 1 aromatic rings. The van der Waals surface area contributed by atoms with Gasteiger partial charge in [0.1, 0.15) is 17.6 Å². The fraction of sp³-hybridized carbons (Fsp3) is 0.500. The number of ketones is 1. The van der Waals surface area contributed by atoms with Crippen molar-refractivity contribution in [2.24, 2.45) is 5.41 Å². The molecule has 1 unspecified atom stereocenters. The first kappa shape index (κ1) is 9.88. The summed E-state index contributed by atoms with van der Waals surface area (Å²) in [7, 11) is 0. The first-order valence-corrected chi connectivity index (χ1v) is 5.95. The molecule has 84 valence electrons. The van der Waals surface area contributed by atoms with Crippen LogP contribution < -0.4 is 4.74 Å². The summed E-state index contributed by atoms with van der Waals surface area (Å²) in [6.07, 6.45) is 4.18. The Morgan fingerprint density at radius 1 is 1.44 bits per heavy atom. The summed E-state index contributed by atoms with van der Waals surface area (Å²) in [6.45, 7) is 1.72. The topological polar surface area (TPSA) is 26.3 Å². The van der Waals surface area contributed by atoms with Crippen LogP contribution in [-0.4, -0.2) is 11.9 Å². The van der Waals surface area contributed by atoms with Gasteiger partial charge in [0.2, 0.25) is 0 Å². The van der Waals surface area contributed by atoms with E-state index < -0.39 is 0 Å². The van der Waals surface area contributed by atoms with Crippen LogP contribution in [0.5, 0.6) is 5.75 Å². The number of carbonyl (C=O) groups excluding carboxylic acids is 1. The molecule has 0 bridgehead atoms. The number of Topliss-reactive ketones (excluding diaryl/α,β-unsaturated/α-hetero) is 1. The Balaban J connectivity index is 1.71. The van der Waals surface area contributed by atoms with Crippen LogP contribution in [0.15, 0.2) is 24.3 Å². The van der Waals surface area contributed by atoms with E-state index in [-0.39, 0.29) is 11.5 Å². The quantitative estimate of drug-likeness (QED) is 0.776. The summed E-state index contributed by atoms with van der Waals surface area (Å²) < 4.78 is 5.88. The maximum Gasteiger partial charge on any atom is 0.136 e. The first-order chi connectivity index (χ1) is 7.70. The van der Waals surface area contributed by atoms with Gasteiger partial charge in [0.25, 0.3) is 0 Å². The highest BCUT2D eigenvalue weighted by Crippen LogP contribution is 2.51. The summed E-state index contributed by atoms with van der Waals surface area (Å²) in [4.78, 5) is 11.5. The average molecular weight is 216 g/mol. The molecule has 0 radical (unpaired) electrons. The van der Waals surface area contributed by atoms with Gasteiger partial charge in [0.05, 0.1) is 0 Å².